The summed E-state index contributed by atoms with van der Waals surface area (Å²) >= 11 is 6.04. The van der Waals surface area contributed by atoms with Gasteiger partial charge in [0.2, 0.25) is 0 Å². The van der Waals surface area contributed by atoms with Crippen LogP contribution in [0, 0.1) is 0 Å². The molecule has 7 heteroatoms. The summed E-state index contributed by atoms with van der Waals surface area (Å²) in [6.07, 6.45) is 1.93. The first-order chi connectivity index (χ1) is 14.9. The monoisotopic (exact) mass is 442 g/mol. The van der Waals surface area contributed by atoms with Crippen LogP contribution >= 0.6 is 11.6 Å². The van der Waals surface area contributed by atoms with Gasteiger partial charge in [0.05, 0.1) is 36.2 Å². The summed E-state index contributed by atoms with van der Waals surface area (Å²) in [6.45, 7) is 4.85. The van der Waals surface area contributed by atoms with Crippen LogP contribution < -0.4 is 4.74 Å². The fourth-order valence-electron chi connectivity index (χ4n) is 3.18. The number of aliphatic hydroxyl groups is 1. The Kier molecular flexibility index (Phi) is 7.71. The summed E-state index contributed by atoms with van der Waals surface area (Å²) in [7, 11) is 0. The largest absolute Gasteiger partial charge is 0.493 e. The standard InChI is InChI=1S/C24H27ClN2O4/c1-3-5-12-31-23-11-8-17(24(29)30)13-20(23)21-14-22(16-6-9-18(25)10-7-16)27(26-21)15-19(28)4-2/h6-11,13-14,19,28H,3-5,12,15H2,1-2H3,(H,29,30)/t19-/m0/s1. The summed E-state index contributed by atoms with van der Waals surface area (Å²) in [6, 6.07) is 14.1. The number of aromatic carboxylic acids is 1. The number of carboxylic acids is 1. The van der Waals surface area contributed by atoms with E-state index in [0.717, 1.165) is 24.1 Å². The molecular weight excluding hydrogens is 416 g/mol. The minimum Gasteiger partial charge on any atom is -0.493 e. The lowest BCUT2D eigenvalue weighted by Crippen LogP contribution is -2.16. The number of carbonyl (C=O) groups is 1. The molecule has 164 valence electrons. The molecule has 0 saturated heterocycles. The lowest BCUT2D eigenvalue weighted by Gasteiger charge is -2.12. The highest BCUT2D eigenvalue weighted by atomic mass is 35.5. The number of carboxylic acid groups (broad SMARTS) is 1. The third-order valence-corrected chi connectivity index (χ3v) is 5.28. The van der Waals surface area contributed by atoms with Gasteiger partial charge in [-0.1, -0.05) is 44.0 Å². The van der Waals surface area contributed by atoms with Gasteiger partial charge < -0.3 is 14.9 Å². The van der Waals surface area contributed by atoms with Crippen molar-refractivity contribution in [1.29, 1.82) is 0 Å². The predicted octanol–water partition coefficient (Wildman–Crippen LogP) is 5.52. The van der Waals surface area contributed by atoms with Gasteiger partial charge in [0.1, 0.15) is 5.75 Å². The molecule has 3 aromatic rings. The van der Waals surface area contributed by atoms with E-state index >= 15 is 0 Å². The van der Waals surface area contributed by atoms with Crippen molar-refractivity contribution in [1.82, 2.24) is 9.78 Å². The van der Waals surface area contributed by atoms with Gasteiger partial charge in [0.25, 0.3) is 0 Å². The van der Waals surface area contributed by atoms with E-state index in [1.54, 1.807) is 28.9 Å². The average molecular weight is 443 g/mol. The lowest BCUT2D eigenvalue weighted by atomic mass is 10.1. The highest BCUT2D eigenvalue weighted by Gasteiger charge is 2.18. The fourth-order valence-corrected chi connectivity index (χ4v) is 3.31. The fraction of sp³-hybridized carbons (Fsp3) is 0.333. The molecule has 0 amide bonds. The second-order valence-electron chi connectivity index (χ2n) is 7.38. The highest BCUT2D eigenvalue weighted by Crippen LogP contribution is 2.34. The number of aromatic nitrogens is 2. The number of nitrogens with zero attached hydrogens (tertiary/aromatic N) is 2. The molecule has 2 N–H and O–H groups in total. The predicted molar refractivity (Wildman–Crippen MR) is 122 cm³/mol. The van der Waals surface area contributed by atoms with Crippen molar-refractivity contribution in [3.05, 3.63) is 59.1 Å². The Labute approximate surface area is 187 Å². The van der Waals surface area contributed by atoms with E-state index in [2.05, 4.69) is 6.92 Å². The maximum atomic E-state index is 11.6. The van der Waals surface area contributed by atoms with Crippen molar-refractivity contribution < 1.29 is 19.7 Å². The molecule has 6 nitrogen and oxygen atoms in total. The van der Waals surface area contributed by atoms with Crippen molar-refractivity contribution in [3.8, 4) is 28.3 Å². The van der Waals surface area contributed by atoms with Crippen LogP contribution in [0.25, 0.3) is 22.5 Å². The molecular formula is C24H27ClN2O4. The van der Waals surface area contributed by atoms with Gasteiger partial charge in [-0.05, 0) is 54.8 Å². The van der Waals surface area contributed by atoms with Crippen LogP contribution in [-0.4, -0.2) is 38.7 Å². The molecule has 0 radical (unpaired) electrons. The van der Waals surface area contributed by atoms with E-state index in [1.165, 1.54) is 6.07 Å². The van der Waals surface area contributed by atoms with E-state index in [1.807, 2.05) is 25.1 Å². The van der Waals surface area contributed by atoms with Gasteiger partial charge in [-0.3, -0.25) is 4.68 Å². The second kappa shape index (κ2) is 10.5. The molecule has 0 spiro atoms. The van der Waals surface area contributed by atoms with Gasteiger partial charge in [-0.2, -0.15) is 5.10 Å². The first kappa shape index (κ1) is 22.8. The zero-order chi connectivity index (χ0) is 22.4. The highest BCUT2D eigenvalue weighted by molar-refractivity contribution is 6.30. The average Bonchev–Trinajstić information content (AvgIpc) is 3.17. The number of hydrogen-bond acceptors (Lipinski definition) is 4. The van der Waals surface area contributed by atoms with Crippen molar-refractivity contribution in [2.75, 3.05) is 6.61 Å². The first-order valence-corrected chi connectivity index (χ1v) is 10.8. The van der Waals surface area contributed by atoms with Crippen LogP contribution in [0.1, 0.15) is 43.5 Å². The molecule has 0 bridgehead atoms. The summed E-state index contributed by atoms with van der Waals surface area (Å²) in [4.78, 5) is 11.6. The Morgan fingerprint density at radius 2 is 1.90 bits per heavy atom. The number of aliphatic hydroxyl groups excluding tert-OH is 1. The Bertz CT molecular complexity index is 1030. The van der Waals surface area contributed by atoms with E-state index in [9.17, 15) is 15.0 Å². The zero-order valence-corrected chi connectivity index (χ0v) is 18.5. The summed E-state index contributed by atoms with van der Waals surface area (Å²) in [5, 5.41) is 25.0. The van der Waals surface area contributed by atoms with E-state index < -0.39 is 12.1 Å². The maximum Gasteiger partial charge on any atom is 0.335 e. The normalized spacial score (nSPS) is 12.0. The SMILES string of the molecule is CCCCOc1ccc(C(=O)O)cc1-c1cc(-c2ccc(Cl)cc2)n(C[C@@H](O)CC)n1. The third-order valence-electron chi connectivity index (χ3n) is 5.03. The lowest BCUT2D eigenvalue weighted by molar-refractivity contribution is 0.0697. The van der Waals surface area contributed by atoms with E-state index in [-0.39, 0.29) is 5.56 Å². The van der Waals surface area contributed by atoms with Crippen molar-refractivity contribution in [2.45, 2.75) is 45.8 Å². The van der Waals surface area contributed by atoms with Crippen LogP contribution in [0.3, 0.4) is 0 Å². The van der Waals surface area contributed by atoms with Gasteiger partial charge in [0, 0.05) is 10.6 Å². The van der Waals surface area contributed by atoms with Crippen LogP contribution in [0.2, 0.25) is 5.02 Å². The van der Waals surface area contributed by atoms with Crippen LogP contribution in [-0.2, 0) is 6.54 Å². The quantitative estimate of drug-likeness (QED) is 0.404. The Balaban J connectivity index is 2.10. The van der Waals surface area contributed by atoms with E-state index in [4.69, 9.17) is 21.4 Å². The Morgan fingerprint density at radius 1 is 1.16 bits per heavy atom. The van der Waals surface area contributed by atoms with Gasteiger partial charge in [-0.15, -0.1) is 0 Å². The molecule has 1 atom stereocenters. The number of benzene rings is 2. The van der Waals surface area contributed by atoms with Gasteiger partial charge in [0.15, 0.2) is 0 Å². The molecule has 3 rings (SSSR count). The number of unbranched alkanes of at least 4 members (excludes halogenated alkanes) is 1. The summed E-state index contributed by atoms with van der Waals surface area (Å²) < 4.78 is 7.68. The first-order valence-electron chi connectivity index (χ1n) is 10.4. The second-order valence-corrected chi connectivity index (χ2v) is 7.82. The van der Waals surface area contributed by atoms with Crippen LogP contribution in [0.15, 0.2) is 48.5 Å². The maximum absolute atomic E-state index is 11.6. The molecule has 0 fully saturated rings. The van der Waals surface area contributed by atoms with Crippen LogP contribution in [0.4, 0.5) is 0 Å². The number of halogens is 1. The van der Waals surface area contributed by atoms with Crippen molar-refractivity contribution in [2.24, 2.45) is 0 Å². The van der Waals surface area contributed by atoms with Crippen LogP contribution in [0.5, 0.6) is 5.75 Å². The van der Waals surface area contributed by atoms with Gasteiger partial charge in [-0.25, -0.2) is 4.79 Å². The Hall–Kier alpha value is -2.83. The molecule has 1 heterocycles. The number of hydrogen-bond donors (Lipinski definition) is 2. The number of rotatable bonds is 10. The molecule has 0 unspecified atom stereocenters. The number of ether oxygens (including phenoxy) is 1. The third kappa shape index (κ3) is 5.66. The minimum absolute atomic E-state index is 0.161. The topological polar surface area (TPSA) is 84.6 Å². The minimum atomic E-state index is -1.01. The Morgan fingerprint density at radius 3 is 2.55 bits per heavy atom. The van der Waals surface area contributed by atoms with Gasteiger partial charge >= 0.3 is 5.97 Å². The van der Waals surface area contributed by atoms with Crippen molar-refractivity contribution in [3.63, 3.8) is 0 Å². The van der Waals surface area contributed by atoms with Crippen molar-refractivity contribution >= 4 is 17.6 Å². The molecule has 2 aromatic carbocycles. The molecule has 0 saturated carbocycles. The molecule has 0 aliphatic rings. The smallest absolute Gasteiger partial charge is 0.335 e. The summed E-state index contributed by atoms with van der Waals surface area (Å²) in [5.74, 6) is -0.429. The zero-order valence-electron chi connectivity index (χ0n) is 17.7. The molecule has 31 heavy (non-hydrogen) atoms. The van der Waals surface area contributed by atoms with E-state index in [0.29, 0.717) is 41.6 Å². The molecule has 0 aliphatic heterocycles. The molecule has 0 aliphatic carbocycles. The summed E-state index contributed by atoms with van der Waals surface area (Å²) in [5.41, 5.74) is 3.06. The molecule has 1 aromatic heterocycles.